The Kier molecular flexibility index (Phi) is 10.5. The van der Waals surface area contributed by atoms with Crippen LogP contribution in [0.25, 0.3) is 22.2 Å². The van der Waals surface area contributed by atoms with Crippen LogP contribution in [0.1, 0.15) is 76.0 Å². The molecule has 0 fully saturated rings. The lowest BCUT2D eigenvalue weighted by Gasteiger charge is -2.27. The smallest absolute Gasteiger partial charge is 0.326 e. The van der Waals surface area contributed by atoms with E-state index in [1.807, 2.05) is 42.6 Å². The van der Waals surface area contributed by atoms with Crippen molar-refractivity contribution in [3.63, 3.8) is 0 Å². The second-order valence-electron chi connectivity index (χ2n) is 12.2. The number of pyridine rings is 3. The minimum atomic E-state index is -0.344. The zero-order valence-electron chi connectivity index (χ0n) is 27.3. The second kappa shape index (κ2) is 14.9. The van der Waals surface area contributed by atoms with Crippen LogP contribution in [0.3, 0.4) is 0 Å². The summed E-state index contributed by atoms with van der Waals surface area (Å²) >= 11 is 0. The third-order valence-electron chi connectivity index (χ3n) is 8.09. The Bertz CT molecular complexity index is 1820. The number of unbranched alkanes of at least 4 members (excludes halogenated alkanes) is 1. The van der Waals surface area contributed by atoms with Crippen LogP contribution in [0.15, 0.2) is 90.1 Å². The lowest BCUT2D eigenvalue weighted by atomic mass is 9.88. The van der Waals surface area contributed by atoms with Crippen molar-refractivity contribution < 1.29 is 9.53 Å². The largest absolute Gasteiger partial charge is 0.493 e. The molecule has 0 aliphatic rings. The maximum atomic E-state index is 14.1. The van der Waals surface area contributed by atoms with E-state index in [0.717, 1.165) is 63.9 Å². The van der Waals surface area contributed by atoms with Gasteiger partial charge in [0.05, 0.1) is 6.61 Å². The highest BCUT2D eigenvalue weighted by Gasteiger charge is 2.24. The standard InChI is InChI=1S/C38H43N5O3/c1-6-7-18-43(34-23-29-13-10-17-40-36(29)42-37(34)44)38(45)41-35-32(25(2)3)21-30(22-33(35)26(4)5)28-12-8-14-31(20-28)46-19-15-27-11-9-16-39-24-27/h8-14,16-17,20-26H,6-7,15,18-19H2,1-5H3,(H,41,45)(H,40,42,44). The van der Waals surface area contributed by atoms with Gasteiger partial charge in [0.25, 0.3) is 5.56 Å². The number of H-pyrrole nitrogens is 1. The van der Waals surface area contributed by atoms with E-state index in [1.165, 1.54) is 0 Å². The third kappa shape index (κ3) is 7.62. The molecular formula is C38H43N5O3. The summed E-state index contributed by atoms with van der Waals surface area (Å²) in [6.07, 6.45) is 7.68. The first-order valence-electron chi connectivity index (χ1n) is 16.1. The molecule has 0 radical (unpaired) electrons. The molecule has 0 aliphatic carbocycles. The summed E-state index contributed by atoms with van der Waals surface area (Å²) in [5.41, 5.74) is 6.55. The van der Waals surface area contributed by atoms with Crippen molar-refractivity contribution in [3.8, 4) is 16.9 Å². The fraction of sp³-hybridized carbons (Fsp3) is 0.316. The Morgan fingerprint density at radius 1 is 0.935 bits per heavy atom. The average Bonchev–Trinajstić information content (AvgIpc) is 3.05. The number of carbonyl (C=O) groups is 1. The van der Waals surface area contributed by atoms with Crippen LogP contribution >= 0.6 is 0 Å². The molecule has 5 aromatic rings. The van der Waals surface area contributed by atoms with Crippen LogP contribution in [-0.4, -0.2) is 34.1 Å². The molecule has 8 heteroatoms. The van der Waals surface area contributed by atoms with Crippen LogP contribution in [0.5, 0.6) is 5.75 Å². The predicted molar refractivity (Wildman–Crippen MR) is 187 cm³/mol. The van der Waals surface area contributed by atoms with Crippen molar-refractivity contribution in [1.29, 1.82) is 0 Å². The Morgan fingerprint density at radius 3 is 2.39 bits per heavy atom. The highest BCUT2D eigenvalue weighted by molar-refractivity contribution is 6.03. The van der Waals surface area contributed by atoms with Gasteiger partial charge in [-0.2, -0.15) is 0 Å². The van der Waals surface area contributed by atoms with Gasteiger partial charge in [-0.1, -0.05) is 59.2 Å². The number of benzene rings is 2. The van der Waals surface area contributed by atoms with E-state index in [-0.39, 0.29) is 23.4 Å². The number of anilines is 2. The molecule has 2 amide bonds. The highest BCUT2D eigenvalue weighted by atomic mass is 16.5. The first-order valence-corrected chi connectivity index (χ1v) is 16.1. The van der Waals surface area contributed by atoms with Gasteiger partial charge in [0.2, 0.25) is 0 Å². The number of hydrogen-bond acceptors (Lipinski definition) is 5. The summed E-state index contributed by atoms with van der Waals surface area (Å²) in [7, 11) is 0. The Hall–Kier alpha value is -4.98. The van der Waals surface area contributed by atoms with Crippen LogP contribution < -0.4 is 20.5 Å². The van der Waals surface area contributed by atoms with Gasteiger partial charge < -0.3 is 15.0 Å². The summed E-state index contributed by atoms with van der Waals surface area (Å²) in [6.45, 7) is 11.6. The molecule has 0 spiro atoms. The molecule has 238 valence electrons. The van der Waals surface area contributed by atoms with E-state index in [2.05, 4.69) is 79.2 Å². The van der Waals surface area contributed by atoms with Gasteiger partial charge in [-0.3, -0.25) is 14.7 Å². The first kappa shape index (κ1) is 32.4. The van der Waals surface area contributed by atoms with E-state index in [1.54, 1.807) is 23.4 Å². The number of hydrogen-bond donors (Lipinski definition) is 2. The van der Waals surface area contributed by atoms with Gasteiger partial charge in [0.15, 0.2) is 0 Å². The molecule has 0 aliphatic heterocycles. The lowest BCUT2D eigenvalue weighted by Crippen LogP contribution is -2.39. The number of ether oxygens (including phenoxy) is 1. The van der Waals surface area contributed by atoms with Crippen molar-refractivity contribution in [2.24, 2.45) is 0 Å². The van der Waals surface area contributed by atoms with Gasteiger partial charge in [-0.05, 0) is 94.6 Å². The number of aromatic nitrogens is 3. The minimum Gasteiger partial charge on any atom is -0.493 e. The summed E-state index contributed by atoms with van der Waals surface area (Å²) < 4.78 is 6.12. The Labute approximate surface area is 270 Å². The number of nitrogens with one attached hydrogen (secondary N) is 2. The maximum absolute atomic E-state index is 14.1. The summed E-state index contributed by atoms with van der Waals surface area (Å²) in [4.78, 5) is 40.1. The fourth-order valence-electron chi connectivity index (χ4n) is 5.55. The number of aromatic amines is 1. The molecule has 5 rings (SSSR count). The molecule has 2 N–H and O–H groups in total. The Balaban J connectivity index is 1.46. The van der Waals surface area contributed by atoms with E-state index in [9.17, 15) is 9.59 Å². The van der Waals surface area contributed by atoms with Crippen molar-refractivity contribution >= 4 is 28.4 Å². The van der Waals surface area contributed by atoms with Gasteiger partial charge in [0.1, 0.15) is 17.1 Å². The molecule has 3 heterocycles. The molecule has 2 aromatic carbocycles. The van der Waals surface area contributed by atoms with Crippen LogP contribution in [0.2, 0.25) is 0 Å². The molecule has 3 aromatic heterocycles. The molecule has 46 heavy (non-hydrogen) atoms. The maximum Gasteiger partial charge on any atom is 0.326 e. The number of carbonyl (C=O) groups excluding carboxylic acids is 1. The molecular weight excluding hydrogens is 574 g/mol. The average molecular weight is 618 g/mol. The third-order valence-corrected chi connectivity index (χ3v) is 8.09. The number of urea groups is 1. The molecule has 8 nitrogen and oxygen atoms in total. The SMILES string of the molecule is CCCCN(C(=O)Nc1c(C(C)C)cc(-c2cccc(OCCc3cccnc3)c2)cc1C(C)C)c1cc2cccnc2[nH]c1=O. The molecule has 0 unspecified atom stereocenters. The molecule has 0 atom stereocenters. The van der Waals surface area contributed by atoms with E-state index in [0.29, 0.717) is 24.5 Å². The van der Waals surface area contributed by atoms with Crippen molar-refractivity contribution in [1.82, 2.24) is 15.0 Å². The molecule has 0 saturated heterocycles. The van der Waals surface area contributed by atoms with Crippen LogP contribution in [0, 0.1) is 0 Å². The quantitative estimate of drug-likeness (QED) is 0.146. The number of amides is 2. The van der Waals surface area contributed by atoms with Crippen LogP contribution in [-0.2, 0) is 6.42 Å². The molecule has 0 saturated carbocycles. The van der Waals surface area contributed by atoms with Crippen LogP contribution in [0.4, 0.5) is 16.2 Å². The normalized spacial score (nSPS) is 11.3. The van der Waals surface area contributed by atoms with Gasteiger partial charge in [0, 0.05) is 42.6 Å². The van der Waals surface area contributed by atoms with Gasteiger partial charge in [-0.25, -0.2) is 9.78 Å². The highest BCUT2D eigenvalue weighted by Crippen LogP contribution is 2.38. The monoisotopic (exact) mass is 617 g/mol. The van der Waals surface area contributed by atoms with E-state index >= 15 is 0 Å². The van der Waals surface area contributed by atoms with Crippen molar-refractivity contribution in [3.05, 3.63) is 112 Å². The summed E-state index contributed by atoms with van der Waals surface area (Å²) in [6, 6.07) is 21.6. The van der Waals surface area contributed by atoms with E-state index in [4.69, 9.17) is 4.74 Å². The zero-order valence-corrected chi connectivity index (χ0v) is 27.3. The summed E-state index contributed by atoms with van der Waals surface area (Å²) in [5.74, 6) is 1.06. The number of fused-ring (bicyclic) bond motifs is 1. The first-order chi connectivity index (χ1) is 22.2. The van der Waals surface area contributed by atoms with Gasteiger partial charge in [-0.15, -0.1) is 0 Å². The number of rotatable bonds is 12. The topological polar surface area (TPSA) is 100 Å². The Morgan fingerprint density at radius 2 is 1.70 bits per heavy atom. The fourth-order valence-corrected chi connectivity index (χ4v) is 5.55. The number of nitrogens with zero attached hydrogens (tertiary/aromatic N) is 3. The zero-order chi connectivity index (χ0) is 32.6. The van der Waals surface area contributed by atoms with Crippen molar-refractivity contribution in [2.75, 3.05) is 23.4 Å². The second-order valence-corrected chi connectivity index (χ2v) is 12.2. The minimum absolute atomic E-state index is 0.130. The summed E-state index contributed by atoms with van der Waals surface area (Å²) in [5, 5.41) is 4.02. The molecule has 0 bridgehead atoms. The lowest BCUT2D eigenvalue weighted by molar-refractivity contribution is 0.256. The van der Waals surface area contributed by atoms with E-state index < -0.39 is 0 Å². The van der Waals surface area contributed by atoms with Gasteiger partial charge >= 0.3 is 6.03 Å². The predicted octanol–water partition coefficient (Wildman–Crippen LogP) is 8.69. The van der Waals surface area contributed by atoms with Crippen molar-refractivity contribution in [2.45, 2.75) is 65.7 Å².